The summed E-state index contributed by atoms with van der Waals surface area (Å²) in [6.45, 7) is 4.88. The van der Waals surface area contributed by atoms with Crippen LogP contribution in [-0.4, -0.2) is 46.8 Å². The summed E-state index contributed by atoms with van der Waals surface area (Å²) in [4.78, 5) is 28.8. The van der Waals surface area contributed by atoms with Gasteiger partial charge in [-0.05, 0) is 50.6 Å². The lowest BCUT2D eigenvalue weighted by Gasteiger charge is -2.09. The van der Waals surface area contributed by atoms with Crippen molar-refractivity contribution >= 4 is 11.8 Å². The van der Waals surface area contributed by atoms with Gasteiger partial charge in [-0.25, -0.2) is 4.39 Å². The van der Waals surface area contributed by atoms with Crippen molar-refractivity contribution in [2.24, 2.45) is 0 Å². The molecule has 0 saturated carbocycles. The van der Waals surface area contributed by atoms with Crippen molar-refractivity contribution in [3.8, 4) is 11.4 Å². The zero-order valence-electron chi connectivity index (χ0n) is 18.4. The molecule has 170 valence electrons. The molecule has 0 bridgehead atoms. The summed E-state index contributed by atoms with van der Waals surface area (Å²) in [5, 5.41) is 3.83. The van der Waals surface area contributed by atoms with Crippen LogP contribution >= 0.6 is 0 Å². The van der Waals surface area contributed by atoms with Gasteiger partial charge in [0.2, 0.25) is 17.5 Å². The molecule has 2 aromatic heterocycles. The van der Waals surface area contributed by atoms with Crippen LogP contribution in [0, 0.1) is 19.7 Å². The molecule has 0 unspecified atom stereocenters. The fraction of sp³-hybridized carbons (Fsp3) is 0.391. The molecule has 3 rings (SSSR count). The van der Waals surface area contributed by atoms with Crippen molar-refractivity contribution in [2.75, 3.05) is 20.3 Å². The molecule has 0 radical (unpaired) electrons. The fourth-order valence-corrected chi connectivity index (χ4v) is 3.37. The Morgan fingerprint density at radius 2 is 1.94 bits per heavy atom. The standard InChI is InChI=1S/C23H26FN3O5/c1-15-13-19(16(2)27(15)11-4-12-30-3)20(28)14-31-22(29)10-9-21-25-23(26-32-21)17-5-7-18(24)8-6-17/h5-8,13H,4,9-12,14H2,1-3H3. The highest BCUT2D eigenvalue weighted by Gasteiger charge is 2.18. The number of Topliss-reactive ketones (excluding diaryl/α,β-unsaturated/α-hetero) is 1. The van der Waals surface area contributed by atoms with Gasteiger partial charge in [0.25, 0.3) is 0 Å². The van der Waals surface area contributed by atoms with Gasteiger partial charge in [-0.1, -0.05) is 5.16 Å². The highest BCUT2D eigenvalue weighted by molar-refractivity contribution is 5.99. The lowest BCUT2D eigenvalue weighted by Crippen LogP contribution is -2.15. The molecule has 0 aliphatic rings. The van der Waals surface area contributed by atoms with Crippen molar-refractivity contribution < 1.29 is 28.0 Å². The maximum atomic E-state index is 13.0. The van der Waals surface area contributed by atoms with Crippen LogP contribution in [0.1, 0.15) is 40.5 Å². The van der Waals surface area contributed by atoms with E-state index in [1.165, 1.54) is 12.1 Å². The number of nitrogens with zero attached hydrogens (tertiary/aromatic N) is 3. The first-order valence-electron chi connectivity index (χ1n) is 10.3. The molecule has 2 heterocycles. The topological polar surface area (TPSA) is 96.5 Å². The van der Waals surface area contributed by atoms with Crippen LogP contribution in [0.3, 0.4) is 0 Å². The first-order valence-corrected chi connectivity index (χ1v) is 10.3. The van der Waals surface area contributed by atoms with E-state index in [0.29, 0.717) is 23.6 Å². The Hall–Kier alpha value is -3.33. The van der Waals surface area contributed by atoms with Crippen molar-refractivity contribution in [3.63, 3.8) is 0 Å². The number of rotatable bonds is 11. The third-order valence-corrected chi connectivity index (χ3v) is 5.08. The summed E-state index contributed by atoms with van der Waals surface area (Å²) < 4.78 is 30.4. The number of ether oxygens (including phenoxy) is 2. The molecular weight excluding hydrogens is 417 g/mol. The highest BCUT2D eigenvalue weighted by Crippen LogP contribution is 2.18. The molecule has 0 N–H and O–H groups in total. The molecule has 0 spiro atoms. The minimum absolute atomic E-state index is 0.00558. The third-order valence-electron chi connectivity index (χ3n) is 5.08. The Morgan fingerprint density at radius 3 is 2.66 bits per heavy atom. The van der Waals surface area contributed by atoms with Crippen molar-refractivity contribution in [1.82, 2.24) is 14.7 Å². The summed E-state index contributed by atoms with van der Waals surface area (Å²) in [5.41, 5.74) is 2.98. The predicted molar refractivity (Wildman–Crippen MR) is 114 cm³/mol. The summed E-state index contributed by atoms with van der Waals surface area (Å²) in [6, 6.07) is 7.50. The van der Waals surface area contributed by atoms with Crippen LogP contribution in [0.2, 0.25) is 0 Å². The van der Waals surface area contributed by atoms with E-state index in [1.807, 2.05) is 19.9 Å². The van der Waals surface area contributed by atoms with E-state index in [4.69, 9.17) is 14.0 Å². The SMILES string of the molecule is COCCCn1c(C)cc(C(=O)COC(=O)CCc2nc(-c3ccc(F)cc3)no2)c1C. The smallest absolute Gasteiger partial charge is 0.306 e. The number of carbonyl (C=O) groups is 2. The molecule has 8 nitrogen and oxygen atoms in total. The summed E-state index contributed by atoms with van der Waals surface area (Å²) in [5.74, 6) is -0.575. The summed E-state index contributed by atoms with van der Waals surface area (Å²) >= 11 is 0. The van der Waals surface area contributed by atoms with Crippen LogP contribution in [0.15, 0.2) is 34.9 Å². The van der Waals surface area contributed by atoms with Crippen LogP contribution in [0.25, 0.3) is 11.4 Å². The quantitative estimate of drug-likeness (QED) is 0.253. The van der Waals surface area contributed by atoms with Gasteiger partial charge in [0.05, 0.1) is 6.42 Å². The Kier molecular flexibility index (Phi) is 7.88. The molecule has 0 fully saturated rings. The average Bonchev–Trinajstić information content (AvgIpc) is 3.36. The normalized spacial score (nSPS) is 11.0. The molecule has 0 aliphatic carbocycles. The molecule has 9 heteroatoms. The fourth-order valence-electron chi connectivity index (χ4n) is 3.37. The van der Waals surface area contributed by atoms with E-state index in [1.54, 1.807) is 19.2 Å². The molecule has 0 saturated heterocycles. The summed E-state index contributed by atoms with van der Waals surface area (Å²) in [7, 11) is 1.65. The zero-order chi connectivity index (χ0) is 23.1. The maximum Gasteiger partial charge on any atom is 0.306 e. The van der Waals surface area contributed by atoms with E-state index in [0.717, 1.165) is 24.4 Å². The Labute approximate surface area is 185 Å². The van der Waals surface area contributed by atoms with Crippen molar-refractivity contribution in [2.45, 2.75) is 39.7 Å². The number of hydrogen-bond donors (Lipinski definition) is 0. The molecule has 0 aliphatic heterocycles. The Bertz CT molecular complexity index is 1070. The van der Waals surface area contributed by atoms with Gasteiger partial charge in [-0.2, -0.15) is 4.98 Å². The first kappa shape index (κ1) is 23.3. The number of methoxy groups -OCH3 is 1. The van der Waals surface area contributed by atoms with E-state index in [9.17, 15) is 14.0 Å². The molecule has 0 atom stereocenters. The number of carbonyl (C=O) groups excluding carboxylic acids is 2. The number of halogens is 1. The van der Waals surface area contributed by atoms with Gasteiger partial charge in [0.1, 0.15) is 5.82 Å². The second-order valence-corrected chi connectivity index (χ2v) is 7.39. The Morgan fingerprint density at radius 1 is 1.19 bits per heavy atom. The number of benzene rings is 1. The van der Waals surface area contributed by atoms with Crippen LogP contribution in [-0.2, 0) is 27.2 Å². The minimum Gasteiger partial charge on any atom is -0.457 e. The van der Waals surface area contributed by atoms with Gasteiger partial charge in [0.15, 0.2) is 6.61 Å². The largest absolute Gasteiger partial charge is 0.457 e. The Balaban J connectivity index is 1.48. The average molecular weight is 443 g/mol. The number of aryl methyl sites for hydroxylation is 2. The minimum atomic E-state index is -0.534. The molecule has 32 heavy (non-hydrogen) atoms. The molecular formula is C23H26FN3O5. The van der Waals surface area contributed by atoms with Gasteiger partial charge in [-0.15, -0.1) is 0 Å². The van der Waals surface area contributed by atoms with Gasteiger partial charge in [-0.3, -0.25) is 9.59 Å². The summed E-state index contributed by atoms with van der Waals surface area (Å²) in [6.07, 6.45) is 1.01. The predicted octanol–water partition coefficient (Wildman–Crippen LogP) is 3.69. The van der Waals surface area contributed by atoms with E-state index in [-0.39, 0.29) is 36.9 Å². The van der Waals surface area contributed by atoms with E-state index >= 15 is 0 Å². The second-order valence-electron chi connectivity index (χ2n) is 7.39. The molecule has 0 amide bonds. The van der Waals surface area contributed by atoms with E-state index < -0.39 is 5.97 Å². The number of ketones is 1. The molecule has 1 aromatic carbocycles. The lowest BCUT2D eigenvalue weighted by molar-refractivity contribution is -0.142. The lowest BCUT2D eigenvalue weighted by atomic mass is 10.1. The third kappa shape index (κ3) is 5.88. The first-order chi connectivity index (χ1) is 15.4. The molecule has 3 aromatic rings. The second kappa shape index (κ2) is 10.8. The highest BCUT2D eigenvalue weighted by atomic mass is 19.1. The van der Waals surface area contributed by atoms with Gasteiger partial charge < -0.3 is 18.6 Å². The number of aromatic nitrogens is 3. The maximum absolute atomic E-state index is 13.0. The van der Waals surface area contributed by atoms with Crippen LogP contribution in [0.4, 0.5) is 4.39 Å². The van der Waals surface area contributed by atoms with Gasteiger partial charge in [0, 0.05) is 49.2 Å². The zero-order valence-corrected chi connectivity index (χ0v) is 18.4. The van der Waals surface area contributed by atoms with Crippen LogP contribution < -0.4 is 0 Å². The van der Waals surface area contributed by atoms with E-state index in [2.05, 4.69) is 14.7 Å². The van der Waals surface area contributed by atoms with Crippen molar-refractivity contribution in [1.29, 1.82) is 0 Å². The van der Waals surface area contributed by atoms with Crippen molar-refractivity contribution in [3.05, 3.63) is 59.0 Å². The monoisotopic (exact) mass is 443 g/mol. The van der Waals surface area contributed by atoms with Gasteiger partial charge >= 0.3 is 5.97 Å². The van der Waals surface area contributed by atoms with Crippen LogP contribution in [0.5, 0.6) is 0 Å². The number of hydrogen-bond acceptors (Lipinski definition) is 7. The number of esters is 1.